The molecule has 0 aromatic rings. The van der Waals surface area contributed by atoms with Gasteiger partial charge >= 0.3 is 0 Å². The second-order valence-electron chi connectivity index (χ2n) is 0. The van der Waals surface area contributed by atoms with E-state index >= 15 is 0 Å². The molecule has 20 N–H and O–H groups in total. The van der Waals surface area contributed by atoms with Crippen molar-refractivity contribution in [2.45, 2.75) is 0 Å². The van der Waals surface area contributed by atoms with E-state index in [4.69, 9.17) is 0 Å². The van der Waals surface area contributed by atoms with Gasteiger partial charge in [0, 0.05) is 0 Å². The third kappa shape index (κ3) is 5060. The Morgan fingerprint density at radius 1 is 0.182 bits per heavy atom. The lowest BCUT2D eigenvalue weighted by Crippen LogP contribution is -0.381. The normalized spacial score (nSPS) is 0. The highest BCUT2D eigenvalue weighted by molar-refractivity contribution is 5.75. The summed E-state index contributed by atoms with van der Waals surface area (Å²) in [6.07, 6.45) is 0. The molecule has 11 heteroatoms. The highest BCUT2D eigenvalue weighted by atomic mass is 16.0. The van der Waals surface area contributed by atoms with E-state index in [0.717, 1.165) is 0 Å². The first-order valence-corrected chi connectivity index (χ1v) is 0. The quantitative estimate of drug-likeness (QED) is 0.323. The Balaban J connectivity index is 0. The van der Waals surface area contributed by atoms with Gasteiger partial charge in [0.2, 0.25) is 0 Å². The highest BCUT2D eigenvalue weighted by Crippen LogP contribution is -0.280. The van der Waals surface area contributed by atoms with E-state index in [1.165, 1.54) is 0 Å². The zero-order valence-electron chi connectivity index (χ0n) is 5.00. The van der Waals surface area contributed by atoms with E-state index in [1.54, 1.807) is 0 Å². The summed E-state index contributed by atoms with van der Waals surface area (Å²) in [5, 5.41) is 0. The minimum absolute atomic E-state index is 0. The van der Waals surface area contributed by atoms with Crippen LogP contribution in [0, 0.1) is 0 Å². The van der Waals surface area contributed by atoms with Crippen LogP contribution in [-0.4, -0.2) is 63.2 Å². The summed E-state index contributed by atoms with van der Waals surface area (Å²) in [6.45, 7) is 0. The van der Waals surface area contributed by atoms with Gasteiger partial charge in [-0.05, 0) is 0 Å². The zero-order chi connectivity index (χ0) is 0. The predicted octanol–water partition coefficient (Wildman–Crippen LogP) is -9.43. The van der Waals surface area contributed by atoms with Crippen LogP contribution in [0.15, 0.2) is 0 Å². The topological polar surface area (TPSA) is 315 Å². The van der Waals surface area contributed by atoms with Gasteiger partial charge in [-0.1, -0.05) is 0 Å². The fraction of sp³-hybridized carbons (Fsp3) is 0. The molecule has 0 aliphatic carbocycles. The average molecular weight is 194 g/mol. The first kappa shape index (κ1) is 8870. The Labute approximate surface area is 64.5 Å². The van der Waals surface area contributed by atoms with E-state index in [9.17, 15) is 0 Å². The molecule has 0 aromatic carbocycles. The van der Waals surface area contributed by atoms with Crippen molar-refractivity contribution in [3.05, 3.63) is 0 Å². The SMILES string of the molecule is B.O.O.O.O.O.O.O.O.O.O. The Morgan fingerprint density at radius 2 is 0.182 bits per heavy atom. The van der Waals surface area contributed by atoms with Gasteiger partial charge < -0.3 is 54.8 Å². The van der Waals surface area contributed by atoms with Crippen LogP contribution in [0.3, 0.4) is 0 Å². The summed E-state index contributed by atoms with van der Waals surface area (Å²) < 4.78 is 0. The van der Waals surface area contributed by atoms with Crippen molar-refractivity contribution in [1.29, 1.82) is 0 Å². The Morgan fingerprint density at radius 3 is 0.182 bits per heavy atom. The summed E-state index contributed by atoms with van der Waals surface area (Å²) in [5.41, 5.74) is 0. The summed E-state index contributed by atoms with van der Waals surface area (Å²) in [5.74, 6) is 0. The molecule has 10 nitrogen and oxygen atoms in total. The third-order valence-corrected chi connectivity index (χ3v) is 0. The van der Waals surface area contributed by atoms with Crippen molar-refractivity contribution in [3.8, 4) is 0 Å². The molecule has 0 amide bonds. The van der Waals surface area contributed by atoms with Gasteiger partial charge in [0.25, 0.3) is 0 Å². The van der Waals surface area contributed by atoms with Crippen LogP contribution in [0.4, 0.5) is 0 Å². The molecular weight excluding hydrogens is 171 g/mol. The molecule has 0 atom stereocenters. The molecule has 0 aliphatic heterocycles. The van der Waals surface area contributed by atoms with Crippen molar-refractivity contribution < 1.29 is 54.8 Å². The molecule has 0 aliphatic rings. The van der Waals surface area contributed by atoms with Crippen molar-refractivity contribution in [2.24, 2.45) is 0 Å². The van der Waals surface area contributed by atoms with E-state index < -0.39 is 0 Å². The third-order valence-electron chi connectivity index (χ3n) is 0. The fourth-order valence-electron chi connectivity index (χ4n) is 0. The summed E-state index contributed by atoms with van der Waals surface area (Å²) in [7, 11) is 0. The van der Waals surface area contributed by atoms with Crippen molar-refractivity contribution in [1.82, 2.24) is 0 Å². The molecule has 0 bridgehead atoms. The zero-order valence-corrected chi connectivity index (χ0v) is 5.00. The minimum atomic E-state index is 0. The van der Waals surface area contributed by atoms with Crippen molar-refractivity contribution in [2.75, 3.05) is 0 Å². The number of hydrogen-bond acceptors (Lipinski definition) is 0. The Kier molecular flexibility index (Phi) is 5210000. The van der Waals surface area contributed by atoms with Crippen LogP contribution in [0.1, 0.15) is 0 Å². The van der Waals surface area contributed by atoms with Crippen LogP contribution in [0.25, 0.3) is 0 Å². The van der Waals surface area contributed by atoms with Crippen LogP contribution >= 0.6 is 0 Å². The van der Waals surface area contributed by atoms with Crippen LogP contribution in [-0.2, 0) is 0 Å². The standard InChI is InChI=1S/BH3.10H2O/h1H3;10*1H2. The van der Waals surface area contributed by atoms with Crippen molar-refractivity contribution in [3.63, 3.8) is 0 Å². The molecule has 0 rings (SSSR count). The lowest BCUT2D eigenvalue weighted by Gasteiger charge is -0.413. The lowest BCUT2D eigenvalue weighted by molar-refractivity contribution is 0.823. The van der Waals surface area contributed by atoms with Gasteiger partial charge in [0.05, 0.1) is 8.41 Å². The van der Waals surface area contributed by atoms with Gasteiger partial charge in [-0.25, -0.2) is 0 Å². The van der Waals surface area contributed by atoms with Gasteiger partial charge in [-0.3, -0.25) is 0 Å². The lowest BCUT2D eigenvalue weighted by atomic mass is 10.8. The molecule has 86 valence electrons. The summed E-state index contributed by atoms with van der Waals surface area (Å²) >= 11 is 0. The summed E-state index contributed by atoms with van der Waals surface area (Å²) in [6, 6.07) is 0. The molecular formula is H23BO10. The predicted molar refractivity (Wildman–Crippen MR) is 46.1 cm³/mol. The number of rotatable bonds is 0. The smallest absolute Gasteiger partial charge is 0.0814 e. The molecule has 11 heavy (non-hydrogen) atoms. The molecule has 0 spiro atoms. The van der Waals surface area contributed by atoms with Crippen LogP contribution in [0.5, 0.6) is 0 Å². The first-order valence-electron chi connectivity index (χ1n) is 0. The van der Waals surface area contributed by atoms with E-state index in [2.05, 4.69) is 0 Å². The second-order valence-corrected chi connectivity index (χ2v) is 0. The monoisotopic (exact) mass is 194 g/mol. The first-order chi connectivity index (χ1) is 0. The minimum Gasteiger partial charge on any atom is -0.412 e. The second kappa shape index (κ2) is 6460. The van der Waals surface area contributed by atoms with Gasteiger partial charge in [0.1, 0.15) is 0 Å². The van der Waals surface area contributed by atoms with Crippen LogP contribution < -0.4 is 0 Å². The van der Waals surface area contributed by atoms with E-state index in [1.807, 2.05) is 0 Å². The molecule has 0 saturated heterocycles. The van der Waals surface area contributed by atoms with Crippen molar-refractivity contribution >= 4 is 8.41 Å². The fourth-order valence-corrected chi connectivity index (χ4v) is 0. The molecule has 0 aromatic heterocycles. The molecule has 0 radical (unpaired) electrons. The molecule has 0 saturated carbocycles. The molecule has 0 heterocycles. The Bertz CT molecular complexity index is 4.83. The largest absolute Gasteiger partial charge is 0.412 e. The van der Waals surface area contributed by atoms with Gasteiger partial charge in [-0.2, -0.15) is 0 Å². The van der Waals surface area contributed by atoms with Gasteiger partial charge in [0.15, 0.2) is 0 Å². The Hall–Kier alpha value is -0.335. The van der Waals surface area contributed by atoms with E-state index in [-0.39, 0.29) is 63.2 Å². The highest BCUT2D eigenvalue weighted by Gasteiger charge is 0.0814. The maximum absolute atomic E-state index is 0. The maximum Gasteiger partial charge on any atom is 0.0814 e. The number of hydrogen-bond donors (Lipinski definition) is 0. The molecule has 0 unspecified atom stereocenters. The van der Waals surface area contributed by atoms with E-state index in [0.29, 0.717) is 0 Å². The van der Waals surface area contributed by atoms with Crippen LogP contribution in [0.2, 0.25) is 0 Å². The summed E-state index contributed by atoms with van der Waals surface area (Å²) in [4.78, 5) is 0. The maximum atomic E-state index is 0. The molecule has 0 fully saturated rings. The van der Waals surface area contributed by atoms with Gasteiger partial charge in [-0.15, -0.1) is 0 Å². The average Bonchev–Trinajstić information content (AvgIpc) is 0.